The summed E-state index contributed by atoms with van der Waals surface area (Å²) in [6, 6.07) is 21.9. The van der Waals surface area contributed by atoms with Crippen molar-refractivity contribution in [2.45, 2.75) is 31.8 Å². The lowest BCUT2D eigenvalue weighted by atomic mass is 9.75. The van der Waals surface area contributed by atoms with Gasteiger partial charge in [-0.25, -0.2) is 9.88 Å². The second-order valence-electron chi connectivity index (χ2n) is 10.8. The van der Waals surface area contributed by atoms with E-state index in [4.69, 9.17) is 4.98 Å². The molecule has 2 saturated heterocycles. The molecule has 7 nitrogen and oxygen atoms in total. The Balaban J connectivity index is 1.52. The topological polar surface area (TPSA) is 84.3 Å². The Bertz CT molecular complexity index is 1710. The lowest BCUT2D eigenvalue weighted by Crippen LogP contribution is -2.50. The van der Waals surface area contributed by atoms with Gasteiger partial charge in [0, 0.05) is 16.1 Å². The fourth-order valence-corrected chi connectivity index (χ4v) is 7.04. The van der Waals surface area contributed by atoms with Crippen LogP contribution in [0.2, 0.25) is 0 Å². The number of nitrogens with one attached hydrogen (secondary N) is 1. The summed E-state index contributed by atoms with van der Waals surface area (Å²) in [5.41, 5.74) is 1.34. The van der Waals surface area contributed by atoms with Crippen LogP contribution in [0, 0.1) is 17.8 Å². The van der Waals surface area contributed by atoms with Crippen molar-refractivity contribution >= 4 is 44.3 Å². The van der Waals surface area contributed by atoms with Gasteiger partial charge in [-0.3, -0.25) is 24.3 Å². The predicted molar refractivity (Wildman–Crippen MR) is 148 cm³/mol. The highest BCUT2D eigenvalue weighted by molar-refractivity contribution is 9.10. The molecule has 1 N–H and O–H groups in total. The maximum absolute atomic E-state index is 14.4. The molecule has 8 heteroatoms. The third-order valence-electron chi connectivity index (χ3n) is 8.17. The summed E-state index contributed by atoms with van der Waals surface area (Å²) in [7, 11) is 0. The molecule has 38 heavy (non-hydrogen) atoms. The van der Waals surface area contributed by atoms with Crippen molar-refractivity contribution in [3.05, 3.63) is 99.0 Å². The van der Waals surface area contributed by atoms with E-state index in [1.54, 1.807) is 22.8 Å². The molecule has 7 rings (SSSR count). The van der Waals surface area contributed by atoms with Gasteiger partial charge >= 0.3 is 0 Å². The average Bonchev–Trinajstić information content (AvgIpc) is 3.48. The second-order valence-corrected chi connectivity index (χ2v) is 11.7. The van der Waals surface area contributed by atoms with E-state index in [-0.39, 0.29) is 29.3 Å². The maximum atomic E-state index is 14.4. The number of hydrogen-bond acceptors (Lipinski definition) is 5. The van der Waals surface area contributed by atoms with Crippen LogP contribution in [-0.2, 0) is 15.1 Å². The molecule has 0 unspecified atom stereocenters. The largest absolute Gasteiger partial charge is 0.297 e. The molecule has 3 aliphatic heterocycles. The van der Waals surface area contributed by atoms with E-state index in [9.17, 15) is 14.4 Å². The number of imide groups is 1. The lowest BCUT2D eigenvalue weighted by Gasteiger charge is -2.32. The first-order valence-corrected chi connectivity index (χ1v) is 13.7. The van der Waals surface area contributed by atoms with E-state index in [1.807, 2.05) is 54.6 Å². The van der Waals surface area contributed by atoms with E-state index >= 15 is 0 Å². The van der Waals surface area contributed by atoms with E-state index in [1.165, 1.54) is 4.90 Å². The standard InChI is InChI=1S/C30H25BrN4O3/c1-16(2)15-22-24-25(28(38)34(27(24)37)18-13-11-17(31)12-14-18)30(33-22)20-8-4-6-10-23(20)35-26(36)19-7-3-5-9-21(19)32-29(30)35/h3-14,16,22,24-25,33H,15H2,1-2H3/t22-,24+,25+,30+/m0/s1. The molecule has 4 heterocycles. The fraction of sp³-hybridized carbons (Fsp3) is 0.267. The Hall–Kier alpha value is -3.62. The molecule has 4 atom stereocenters. The van der Waals surface area contributed by atoms with Gasteiger partial charge in [-0.1, -0.05) is 60.1 Å². The Morgan fingerprint density at radius 3 is 2.42 bits per heavy atom. The highest BCUT2D eigenvalue weighted by Crippen LogP contribution is 2.56. The first-order valence-electron chi connectivity index (χ1n) is 12.9. The van der Waals surface area contributed by atoms with Crippen molar-refractivity contribution < 1.29 is 9.59 Å². The first kappa shape index (κ1) is 23.5. The van der Waals surface area contributed by atoms with Crippen molar-refractivity contribution in [1.29, 1.82) is 0 Å². The molecule has 0 bridgehead atoms. The van der Waals surface area contributed by atoms with Gasteiger partial charge in [0.25, 0.3) is 5.56 Å². The maximum Gasteiger partial charge on any atom is 0.266 e. The summed E-state index contributed by atoms with van der Waals surface area (Å²) >= 11 is 3.44. The fourth-order valence-electron chi connectivity index (χ4n) is 6.77. The van der Waals surface area contributed by atoms with Crippen LogP contribution < -0.4 is 15.8 Å². The van der Waals surface area contributed by atoms with Gasteiger partial charge in [0.15, 0.2) is 0 Å². The number of anilines is 1. The minimum Gasteiger partial charge on any atom is -0.297 e. The van der Waals surface area contributed by atoms with E-state index in [0.29, 0.717) is 34.5 Å². The highest BCUT2D eigenvalue weighted by atomic mass is 79.9. The van der Waals surface area contributed by atoms with Crippen LogP contribution in [0.4, 0.5) is 5.69 Å². The van der Waals surface area contributed by atoms with Gasteiger partial charge in [-0.2, -0.15) is 0 Å². The third kappa shape index (κ3) is 2.98. The zero-order valence-corrected chi connectivity index (χ0v) is 22.5. The number of rotatable bonds is 3. The number of nitrogens with zero attached hydrogens (tertiary/aromatic N) is 3. The number of benzene rings is 3. The molecule has 1 spiro atoms. The quantitative estimate of drug-likeness (QED) is 0.367. The van der Waals surface area contributed by atoms with Crippen LogP contribution in [-0.4, -0.2) is 27.4 Å². The Morgan fingerprint density at radius 1 is 0.947 bits per heavy atom. The van der Waals surface area contributed by atoms with Gasteiger partial charge < -0.3 is 0 Å². The summed E-state index contributed by atoms with van der Waals surface area (Å²) in [5, 5.41) is 4.26. The molecule has 2 amide bonds. The number of aromatic nitrogens is 2. The van der Waals surface area contributed by atoms with Gasteiger partial charge in [-0.05, 0) is 54.8 Å². The van der Waals surface area contributed by atoms with Crippen LogP contribution >= 0.6 is 15.9 Å². The predicted octanol–water partition coefficient (Wildman–Crippen LogP) is 4.53. The molecule has 3 aliphatic rings. The van der Waals surface area contributed by atoms with Gasteiger partial charge in [-0.15, -0.1) is 0 Å². The monoisotopic (exact) mass is 568 g/mol. The van der Waals surface area contributed by atoms with Crippen molar-refractivity contribution in [3.63, 3.8) is 0 Å². The molecule has 2 fully saturated rings. The number of halogens is 1. The van der Waals surface area contributed by atoms with Crippen LogP contribution in [0.1, 0.15) is 31.7 Å². The average molecular weight is 569 g/mol. The molecule has 4 aromatic rings. The Kier molecular flexibility index (Phi) is 5.06. The number of carbonyl (C=O) groups excluding carboxylic acids is 2. The van der Waals surface area contributed by atoms with E-state index in [2.05, 4.69) is 35.1 Å². The van der Waals surface area contributed by atoms with Crippen molar-refractivity contribution in [2.24, 2.45) is 17.8 Å². The van der Waals surface area contributed by atoms with Crippen molar-refractivity contribution in [2.75, 3.05) is 4.90 Å². The van der Waals surface area contributed by atoms with Crippen molar-refractivity contribution in [3.8, 4) is 5.69 Å². The minimum absolute atomic E-state index is 0.179. The number of carbonyl (C=O) groups is 2. The van der Waals surface area contributed by atoms with Crippen LogP contribution in [0.25, 0.3) is 16.6 Å². The first-order chi connectivity index (χ1) is 18.3. The molecular weight excluding hydrogens is 544 g/mol. The van der Waals surface area contributed by atoms with E-state index in [0.717, 1.165) is 10.0 Å². The molecule has 0 saturated carbocycles. The van der Waals surface area contributed by atoms with Gasteiger partial charge in [0.1, 0.15) is 11.4 Å². The summed E-state index contributed by atoms with van der Waals surface area (Å²) in [6.45, 7) is 4.23. The highest BCUT2D eigenvalue weighted by Gasteiger charge is 2.69. The lowest BCUT2D eigenvalue weighted by molar-refractivity contribution is -0.123. The van der Waals surface area contributed by atoms with E-state index < -0.39 is 17.4 Å². The number of hydrogen-bond donors (Lipinski definition) is 1. The smallest absolute Gasteiger partial charge is 0.266 e. The zero-order valence-electron chi connectivity index (χ0n) is 20.9. The van der Waals surface area contributed by atoms with Gasteiger partial charge in [0.05, 0.1) is 34.1 Å². The van der Waals surface area contributed by atoms with Crippen LogP contribution in [0.3, 0.4) is 0 Å². The van der Waals surface area contributed by atoms with Gasteiger partial charge in [0.2, 0.25) is 11.8 Å². The molecule has 0 aliphatic carbocycles. The molecule has 190 valence electrons. The number of amides is 2. The SMILES string of the molecule is CC(C)C[C@@H]1N[C@]2(c3ccccc3-n3c2nc2ccccc2c3=O)[C@H]2C(=O)N(c3ccc(Br)cc3)C(=O)[C@H]12. The van der Waals surface area contributed by atoms with Crippen molar-refractivity contribution in [1.82, 2.24) is 14.9 Å². The number of fused-ring (bicyclic) bond motifs is 8. The minimum atomic E-state index is -1.11. The Labute approximate surface area is 227 Å². The summed E-state index contributed by atoms with van der Waals surface area (Å²) < 4.78 is 2.50. The second kappa shape index (κ2) is 8.19. The number of para-hydroxylation sites is 2. The van der Waals surface area contributed by atoms with Crippen LogP contribution in [0.5, 0.6) is 0 Å². The Morgan fingerprint density at radius 2 is 1.66 bits per heavy atom. The summed E-state index contributed by atoms with van der Waals surface area (Å²) in [6.07, 6.45) is 0.704. The summed E-state index contributed by atoms with van der Waals surface area (Å²) in [4.78, 5) is 48.7. The molecule has 1 aromatic heterocycles. The molecular formula is C30H25BrN4O3. The zero-order chi connectivity index (χ0) is 26.3. The third-order valence-corrected chi connectivity index (χ3v) is 8.70. The summed E-state index contributed by atoms with van der Waals surface area (Å²) in [5.74, 6) is -1.05. The molecule has 3 aromatic carbocycles. The molecule has 0 radical (unpaired) electrons. The van der Waals surface area contributed by atoms with Crippen LogP contribution in [0.15, 0.2) is 82.1 Å². The normalized spacial score (nSPS) is 25.5.